The van der Waals surface area contributed by atoms with Crippen LogP contribution in [0.3, 0.4) is 0 Å². The predicted molar refractivity (Wildman–Crippen MR) is 78.9 cm³/mol. The third kappa shape index (κ3) is 2.93. The molecule has 0 aromatic heterocycles. The lowest BCUT2D eigenvalue weighted by molar-refractivity contribution is 0.353. The Morgan fingerprint density at radius 2 is 1.75 bits per heavy atom. The molecule has 1 N–H and O–H groups in total. The lowest BCUT2D eigenvalue weighted by Gasteiger charge is -2.27. The molecule has 1 aliphatic rings. The van der Waals surface area contributed by atoms with Crippen LogP contribution in [0.1, 0.15) is 0 Å². The number of methoxy groups -OCH3 is 2. The SMILES string of the molecule is COc1cc(S(=O)(=O)N2CCNCC2)c(OC)cc1Br. The van der Waals surface area contributed by atoms with Crippen LogP contribution >= 0.6 is 15.9 Å². The molecule has 0 aliphatic carbocycles. The zero-order valence-electron chi connectivity index (χ0n) is 11.3. The number of nitrogens with one attached hydrogen (secondary N) is 1. The van der Waals surface area contributed by atoms with Gasteiger partial charge in [-0.25, -0.2) is 8.42 Å². The summed E-state index contributed by atoms with van der Waals surface area (Å²) in [4.78, 5) is 0.127. The number of halogens is 1. The van der Waals surface area contributed by atoms with Gasteiger partial charge in [0.2, 0.25) is 10.0 Å². The van der Waals surface area contributed by atoms with E-state index >= 15 is 0 Å². The van der Waals surface area contributed by atoms with Crippen LogP contribution in [0, 0.1) is 0 Å². The van der Waals surface area contributed by atoms with Gasteiger partial charge in [0, 0.05) is 32.2 Å². The smallest absolute Gasteiger partial charge is 0.246 e. The molecule has 20 heavy (non-hydrogen) atoms. The third-order valence-corrected chi connectivity index (χ3v) is 5.67. The second-order valence-electron chi connectivity index (χ2n) is 4.29. The minimum Gasteiger partial charge on any atom is -0.496 e. The molecule has 6 nitrogen and oxygen atoms in total. The maximum Gasteiger partial charge on any atom is 0.246 e. The summed E-state index contributed by atoms with van der Waals surface area (Å²) in [6.45, 7) is 2.19. The molecule has 1 heterocycles. The van der Waals surface area contributed by atoms with Crippen LogP contribution < -0.4 is 14.8 Å². The molecule has 1 aromatic rings. The standard InChI is InChI=1S/C12H17BrN2O4S/c1-18-10-8-12(11(19-2)7-9(10)13)20(16,17)15-5-3-14-4-6-15/h7-8,14H,3-6H2,1-2H3. The zero-order chi connectivity index (χ0) is 14.8. The molecular formula is C12H17BrN2O4S. The molecule has 1 aromatic carbocycles. The van der Waals surface area contributed by atoms with Crippen molar-refractivity contribution >= 4 is 26.0 Å². The first-order valence-electron chi connectivity index (χ1n) is 6.13. The Hall–Kier alpha value is -0.830. The van der Waals surface area contributed by atoms with Gasteiger partial charge in [-0.2, -0.15) is 4.31 Å². The fourth-order valence-corrected chi connectivity index (χ4v) is 4.14. The summed E-state index contributed by atoms with van der Waals surface area (Å²) >= 11 is 3.32. The molecule has 1 aliphatic heterocycles. The van der Waals surface area contributed by atoms with Crippen molar-refractivity contribution in [1.82, 2.24) is 9.62 Å². The molecule has 2 rings (SSSR count). The number of ether oxygens (including phenoxy) is 2. The maximum atomic E-state index is 12.7. The van der Waals surface area contributed by atoms with Crippen molar-refractivity contribution in [3.63, 3.8) is 0 Å². The van der Waals surface area contributed by atoms with Gasteiger partial charge in [0.15, 0.2) is 0 Å². The lowest BCUT2D eigenvalue weighted by atomic mass is 10.3. The molecule has 1 fully saturated rings. The molecular weight excluding hydrogens is 348 g/mol. The van der Waals surface area contributed by atoms with E-state index in [0.717, 1.165) is 0 Å². The zero-order valence-corrected chi connectivity index (χ0v) is 13.8. The highest BCUT2D eigenvalue weighted by Crippen LogP contribution is 2.36. The van der Waals surface area contributed by atoms with E-state index in [-0.39, 0.29) is 4.90 Å². The lowest BCUT2D eigenvalue weighted by Crippen LogP contribution is -2.46. The molecule has 0 saturated carbocycles. The average molecular weight is 365 g/mol. The molecule has 112 valence electrons. The summed E-state index contributed by atoms with van der Waals surface area (Å²) in [5, 5.41) is 3.13. The number of nitrogens with zero attached hydrogens (tertiary/aromatic N) is 1. The van der Waals surface area contributed by atoms with E-state index in [1.165, 1.54) is 24.6 Å². The van der Waals surface area contributed by atoms with Crippen LogP contribution in [0.5, 0.6) is 11.5 Å². The highest BCUT2D eigenvalue weighted by atomic mass is 79.9. The van der Waals surface area contributed by atoms with E-state index in [2.05, 4.69) is 21.2 Å². The van der Waals surface area contributed by atoms with Crippen molar-refractivity contribution in [2.24, 2.45) is 0 Å². The summed E-state index contributed by atoms with van der Waals surface area (Å²) in [7, 11) is -0.643. The van der Waals surface area contributed by atoms with Gasteiger partial charge in [-0.05, 0) is 22.0 Å². The van der Waals surface area contributed by atoms with Gasteiger partial charge < -0.3 is 14.8 Å². The van der Waals surface area contributed by atoms with Gasteiger partial charge in [0.1, 0.15) is 16.4 Å². The van der Waals surface area contributed by atoms with E-state index in [9.17, 15) is 8.42 Å². The van der Waals surface area contributed by atoms with E-state index in [4.69, 9.17) is 9.47 Å². The minimum atomic E-state index is -3.59. The number of sulfonamides is 1. The first-order valence-corrected chi connectivity index (χ1v) is 8.36. The molecule has 0 radical (unpaired) electrons. The van der Waals surface area contributed by atoms with Crippen LogP contribution in [0.2, 0.25) is 0 Å². The minimum absolute atomic E-state index is 0.127. The van der Waals surface area contributed by atoms with Gasteiger partial charge in [-0.1, -0.05) is 0 Å². The molecule has 1 saturated heterocycles. The Morgan fingerprint density at radius 1 is 1.15 bits per heavy atom. The van der Waals surface area contributed by atoms with E-state index in [1.54, 1.807) is 6.07 Å². The largest absolute Gasteiger partial charge is 0.496 e. The first-order chi connectivity index (χ1) is 9.50. The van der Waals surface area contributed by atoms with E-state index < -0.39 is 10.0 Å². The number of hydrogen-bond donors (Lipinski definition) is 1. The van der Waals surface area contributed by atoms with Gasteiger partial charge in [-0.15, -0.1) is 0 Å². The van der Waals surface area contributed by atoms with Crippen LogP contribution in [-0.2, 0) is 10.0 Å². The van der Waals surface area contributed by atoms with Crippen LogP contribution in [0.15, 0.2) is 21.5 Å². The van der Waals surface area contributed by atoms with Crippen molar-refractivity contribution in [2.75, 3.05) is 40.4 Å². The summed E-state index contributed by atoms with van der Waals surface area (Å²) in [5.74, 6) is 0.760. The Labute approximate surface area is 127 Å². The Balaban J connectivity index is 2.49. The monoisotopic (exact) mass is 364 g/mol. The second-order valence-corrected chi connectivity index (χ2v) is 7.05. The molecule has 0 bridgehead atoms. The third-order valence-electron chi connectivity index (χ3n) is 3.13. The number of hydrogen-bond acceptors (Lipinski definition) is 5. The number of piperazine rings is 1. The number of benzene rings is 1. The van der Waals surface area contributed by atoms with E-state index in [1.807, 2.05) is 0 Å². The van der Waals surface area contributed by atoms with Crippen molar-refractivity contribution in [3.8, 4) is 11.5 Å². The fourth-order valence-electron chi connectivity index (χ4n) is 2.06. The van der Waals surface area contributed by atoms with Gasteiger partial charge in [0.05, 0.1) is 18.7 Å². The summed E-state index contributed by atoms with van der Waals surface area (Å²) in [6.07, 6.45) is 0. The predicted octanol–water partition coefficient (Wildman–Crippen LogP) is 1.06. The normalized spacial score (nSPS) is 16.9. The average Bonchev–Trinajstić information content (AvgIpc) is 2.47. The van der Waals surface area contributed by atoms with Crippen LogP contribution in [-0.4, -0.2) is 53.1 Å². The topological polar surface area (TPSA) is 67.9 Å². The molecule has 0 unspecified atom stereocenters. The summed E-state index contributed by atoms with van der Waals surface area (Å²) < 4.78 is 37.9. The Morgan fingerprint density at radius 3 is 2.30 bits per heavy atom. The Bertz CT molecular complexity index is 585. The van der Waals surface area contributed by atoms with Crippen molar-refractivity contribution in [2.45, 2.75) is 4.90 Å². The fraction of sp³-hybridized carbons (Fsp3) is 0.500. The quantitative estimate of drug-likeness (QED) is 0.864. The first kappa shape index (κ1) is 15.6. The highest BCUT2D eigenvalue weighted by Gasteiger charge is 2.30. The molecule has 8 heteroatoms. The van der Waals surface area contributed by atoms with Crippen LogP contribution in [0.25, 0.3) is 0 Å². The highest BCUT2D eigenvalue weighted by molar-refractivity contribution is 9.10. The van der Waals surface area contributed by atoms with E-state index in [0.29, 0.717) is 42.2 Å². The maximum absolute atomic E-state index is 12.7. The number of rotatable bonds is 4. The van der Waals surface area contributed by atoms with Crippen LogP contribution in [0.4, 0.5) is 0 Å². The summed E-state index contributed by atoms with van der Waals surface area (Å²) in [6, 6.07) is 3.09. The summed E-state index contributed by atoms with van der Waals surface area (Å²) in [5.41, 5.74) is 0. The Kier molecular flexibility index (Phi) is 4.90. The molecule has 0 spiro atoms. The van der Waals surface area contributed by atoms with Gasteiger partial charge in [-0.3, -0.25) is 0 Å². The van der Waals surface area contributed by atoms with Crippen molar-refractivity contribution < 1.29 is 17.9 Å². The van der Waals surface area contributed by atoms with Crippen molar-refractivity contribution in [3.05, 3.63) is 16.6 Å². The molecule has 0 amide bonds. The van der Waals surface area contributed by atoms with Crippen molar-refractivity contribution in [1.29, 1.82) is 0 Å². The molecule has 0 atom stereocenters. The van der Waals surface area contributed by atoms with Gasteiger partial charge >= 0.3 is 0 Å². The van der Waals surface area contributed by atoms with Gasteiger partial charge in [0.25, 0.3) is 0 Å². The second kappa shape index (κ2) is 6.30.